The van der Waals surface area contributed by atoms with Crippen LogP contribution in [-0.4, -0.2) is 29.2 Å². The molecule has 0 amide bonds. The molecule has 22 heavy (non-hydrogen) atoms. The zero-order chi connectivity index (χ0) is 16.6. The van der Waals surface area contributed by atoms with Gasteiger partial charge >= 0.3 is 0 Å². The molecule has 0 bridgehead atoms. The molecule has 0 radical (unpaired) electrons. The number of allylic oxidation sites excluding steroid dienone is 1. The number of rotatable bonds is 7. The van der Waals surface area contributed by atoms with Gasteiger partial charge in [-0.3, -0.25) is 0 Å². The lowest BCUT2D eigenvalue weighted by Gasteiger charge is -2.29. The summed E-state index contributed by atoms with van der Waals surface area (Å²) in [6.45, 7) is 8.39. The van der Waals surface area contributed by atoms with Crippen molar-refractivity contribution in [3.05, 3.63) is 9.66 Å². The summed E-state index contributed by atoms with van der Waals surface area (Å²) < 4.78 is 12.3. The largest absolute Gasteiger partial charge is 0.371 e. The SMILES string of the molecule is CCCCC#C[C@](O)(/C(I)=C/CCCC)[C@@H]1COC(C)(C)O1. The van der Waals surface area contributed by atoms with Crippen LogP contribution < -0.4 is 0 Å². The molecule has 1 fully saturated rings. The summed E-state index contributed by atoms with van der Waals surface area (Å²) in [6, 6.07) is 0. The first-order valence-electron chi connectivity index (χ1n) is 8.26. The zero-order valence-electron chi connectivity index (χ0n) is 14.2. The van der Waals surface area contributed by atoms with Crippen molar-refractivity contribution in [2.45, 2.75) is 83.7 Å². The zero-order valence-corrected chi connectivity index (χ0v) is 16.4. The normalized spacial score (nSPS) is 23.7. The standard InChI is InChI=1S/C18H29IO3/c1-5-7-9-11-13-18(20,15(19)12-10-8-6-2)16-14-21-17(3,4)22-16/h12,16,20H,5-10,14H2,1-4H3/b15-12-/t16-,18-/m0/s1. The highest BCUT2D eigenvalue weighted by Gasteiger charge is 2.47. The molecule has 1 aliphatic heterocycles. The van der Waals surface area contributed by atoms with E-state index >= 15 is 0 Å². The monoisotopic (exact) mass is 420 g/mol. The molecule has 0 aromatic rings. The predicted octanol–water partition coefficient (Wildman–Crippen LogP) is 4.57. The lowest BCUT2D eigenvalue weighted by atomic mass is 9.96. The van der Waals surface area contributed by atoms with Crippen LogP contribution in [0.4, 0.5) is 0 Å². The molecule has 3 nitrogen and oxygen atoms in total. The van der Waals surface area contributed by atoms with Gasteiger partial charge in [-0.2, -0.15) is 0 Å². The van der Waals surface area contributed by atoms with E-state index < -0.39 is 17.5 Å². The maximum atomic E-state index is 11.2. The van der Waals surface area contributed by atoms with Gasteiger partial charge in [0, 0.05) is 10.0 Å². The van der Waals surface area contributed by atoms with Crippen LogP contribution in [0.5, 0.6) is 0 Å². The molecular weight excluding hydrogens is 391 g/mol. The Morgan fingerprint density at radius 3 is 2.59 bits per heavy atom. The molecule has 1 saturated heterocycles. The maximum Gasteiger partial charge on any atom is 0.185 e. The number of hydrogen-bond donors (Lipinski definition) is 1. The number of halogens is 1. The van der Waals surface area contributed by atoms with Crippen LogP contribution in [0.25, 0.3) is 0 Å². The van der Waals surface area contributed by atoms with E-state index in [4.69, 9.17) is 9.47 Å². The molecule has 0 spiro atoms. The van der Waals surface area contributed by atoms with Crippen molar-refractivity contribution in [3.63, 3.8) is 0 Å². The average molecular weight is 420 g/mol. The Morgan fingerprint density at radius 2 is 2.05 bits per heavy atom. The van der Waals surface area contributed by atoms with E-state index in [-0.39, 0.29) is 0 Å². The van der Waals surface area contributed by atoms with Crippen LogP contribution in [0.1, 0.15) is 66.2 Å². The molecule has 0 unspecified atom stereocenters. The minimum atomic E-state index is -1.27. The fourth-order valence-electron chi connectivity index (χ4n) is 2.24. The lowest BCUT2D eigenvalue weighted by Crippen LogP contribution is -2.44. The molecule has 0 aliphatic carbocycles. The summed E-state index contributed by atoms with van der Waals surface area (Å²) in [5.41, 5.74) is -1.27. The Hall–Kier alpha value is -0.0900. The average Bonchev–Trinajstić information content (AvgIpc) is 2.84. The van der Waals surface area contributed by atoms with E-state index in [2.05, 4.69) is 54.4 Å². The Kier molecular flexibility index (Phi) is 8.40. The van der Waals surface area contributed by atoms with Gasteiger partial charge in [0.1, 0.15) is 6.10 Å². The number of ether oxygens (including phenoxy) is 2. The van der Waals surface area contributed by atoms with Crippen LogP contribution >= 0.6 is 22.6 Å². The Morgan fingerprint density at radius 1 is 1.36 bits per heavy atom. The second-order valence-corrected chi connectivity index (χ2v) is 7.35. The summed E-state index contributed by atoms with van der Waals surface area (Å²) >= 11 is 2.20. The third-order valence-electron chi connectivity index (χ3n) is 3.65. The van der Waals surface area contributed by atoms with E-state index in [1.807, 2.05) is 13.8 Å². The van der Waals surface area contributed by atoms with Crippen molar-refractivity contribution in [2.75, 3.05) is 6.61 Å². The number of hydrogen-bond acceptors (Lipinski definition) is 3. The van der Waals surface area contributed by atoms with Gasteiger partial charge in [0.05, 0.1) is 6.61 Å². The Balaban J connectivity index is 2.93. The fraction of sp³-hybridized carbons (Fsp3) is 0.778. The smallest absolute Gasteiger partial charge is 0.185 e. The Bertz CT molecular complexity index is 433. The first kappa shape index (κ1) is 20.0. The number of aliphatic hydroxyl groups is 1. The molecule has 4 heteroatoms. The van der Waals surface area contributed by atoms with Crippen LogP contribution in [-0.2, 0) is 9.47 Å². The Labute approximate surface area is 149 Å². The van der Waals surface area contributed by atoms with Crippen LogP contribution in [0, 0.1) is 11.8 Å². The highest BCUT2D eigenvalue weighted by Crippen LogP contribution is 2.36. The third-order valence-corrected chi connectivity index (χ3v) is 4.92. The summed E-state index contributed by atoms with van der Waals surface area (Å²) in [6.07, 6.45) is 7.78. The first-order valence-corrected chi connectivity index (χ1v) is 9.34. The minimum Gasteiger partial charge on any atom is -0.371 e. The van der Waals surface area contributed by atoms with E-state index in [1.54, 1.807) is 0 Å². The summed E-state index contributed by atoms with van der Waals surface area (Å²) in [5.74, 6) is 5.52. The first-order chi connectivity index (χ1) is 10.4. The lowest BCUT2D eigenvalue weighted by molar-refractivity contribution is -0.154. The van der Waals surface area contributed by atoms with E-state index in [9.17, 15) is 5.11 Å². The van der Waals surface area contributed by atoms with Gasteiger partial charge in [-0.1, -0.05) is 51.0 Å². The van der Waals surface area contributed by atoms with E-state index in [1.165, 1.54) is 0 Å². The summed E-state index contributed by atoms with van der Waals surface area (Å²) in [5, 5.41) is 11.2. The van der Waals surface area contributed by atoms with Crippen molar-refractivity contribution in [1.82, 2.24) is 0 Å². The number of unbranched alkanes of at least 4 members (excludes halogenated alkanes) is 4. The van der Waals surface area contributed by atoms with Gasteiger partial charge in [0.2, 0.25) is 0 Å². The molecule has 126 valence electrons. The summed E-state index contributed by atoms with van der Waals surface area (Å²) in [7, 11) is 0. The van der Waals surface area contributed by atoms with Crippen molar-refractivity contribution in [3.8, 4) is 11.8 Å². The van der Waals surface area contributed by atoms with Crippen molar-refractivity contribution >= 4 is 22.6 Å². The van der Waals surface area contributed by atoms with E-state index in [0.29, 0.717) is 6.61 Å². The minimum absolute atomic E-state index is 0.361. The molecule has 1 rings (SSSR count). The van der Waals surface area contributed by atoms with Gasteiger partial charge in [-0.25, -0.2) is 0 Å². The van der Waals surface area contributed by atoms with Crippen LogP contribution in [0.15, 0.2) is 9.66 Å². The van der Waals surface area contributed by atoms with Gasteiger partial charge < -0.3 is 14.6 Å². The van der Waals surface area contributed by atoms with Crippen molar-refractivity contribution < 1.29 is 14.6 Å². The second kappa shape index (κ2) is 9.27. The van der Waals surface area contributed by atoms with Gasteiger partial charge in [0.15, 0.2) is 11.4 Å². The highest BCUT2D eigenvalue weighted by molar-refractivity contribution is 14.1. The van der Waals surface area contributed by atoms with Crippen LogP contribution in [0.3, 0.4) is 0 Å². The quantitative estimate of drug-likeness (QED) is 0.373. The second-order valence-electron chi connectivity index (χ2n) is 6.18. The molecule has 2 atom stereocenters. The molecule has 0 aromatic carbocycles. The molecule has 1 heterocycles. The highest BCUT2D eigenvalue weighted by atomic mass is 127. The van der Waals surface area contributed by atoms with Crippen molar-refractivity contribution in [1.29, 1.82) is 0 Å². The molecule has 0 aromatic heterocycles. The van der Waals surface area contributed by atoms with Crippen molar-refractivity contribution in [2.24, 2.45) is 0 Å². The maximum absolute atomic E-state index is 11.2. The summed E-state index contributed by atoms with van der Waals surface area (Å²) in [4.78, 5) is 0. The van der Waals surface area contributed by atoms with Gasteiger partial charge in [-0.05, 0) is 49.3 Å². The van der Waals surface area contributed by atoms with Gasteiger partial charge in [-0.15, -0.1) is 0 Å². The molecular formula is C18H29IO3. The fourth-order valence-corrected chi connectivity index (χ4v) is 3.03. The molecule has 1 N–H and O–H groups in total. The van der Waals surface area contributed by atoms with Gasteiger partial charge in [0.25, 0.3) is 0 Å². The van der Waals surface area contributed by atoms with E-state index in [0.717, 1.165) is 42.1 Å². The molecule has 1 aliphatic rings. The predicted molar refractivity (Wildman–Crippen MR) is 98.8 cm³/mol. The van der Waals surface area contributed by atoms with Crippen LogP contribution in [0.2, 0.25) is 0 Å². The molecule has 0 saturated carbocycles. The topological polar surface area (TPSA) is 38.7 Å². The third kappa shape index (κ3) is 5.84.